The second kappa shape index (κ2) is 2.91. The van der Waals surface area contributed by atoms with Crippen molar-refractivity contribution in [3.05, 3.63) is 23.3 Å². The van der Waals surface area contributed by atoms with Gasteiger partial charge in [0.2, 0.25) is 0 Å². The number of ether oxygens (including phenoxy) is 1. The average Bonchev–Trinajstić information content (AvgIpc) is 2.44. The van der Waals surface area contributed by atoms with Crippen LogP contribution >= 0.6 is 0 Å². The standard InChI is InChI=1S/C12H17NO/c1-8-5-6-9(14-4)11-10(8)12(2,3)7-13-11/h5-6,13H,7H2,1-4H3. The van der Waals surface area contributed by atoms with Crippen LogP contribution in [0.2, 0.25) is 0 Å². The molecule has 2 heteroatoms. The Morgan fingerprint density at radius 3 is 2.71 bits per heavy atom. The number of aryl methyl sites for hydroxylation is 1. The van der Waals surface area contributed by atoms with Gasteiger partial charge < -0.3 is 10.1 Å². The summed E-state index contributed by atoms with van der Waals surface area (Å²) in [6, 6.07) is 4.16. The first-order valence-electron chi connectivity index (χ1n) is 4.98. The van der Waals surface area contributed by atoms with Gasteiger partial charge in [-0.25, -0.2) is 0 Å². The fourth-order valence-electron chi connectivity index (χ4n) is 2.30. The van der Waals surface area contributed by atoms with Crippen LogP contribution in [0.4, 0.5) is 5.69 Å². The Kier molecular flexibility index (Phi) is 1.95. The van der Waals surface area contributed by atoms with E-state index in [9.17, 15) is 0 Å². The van der Waals surface area contributed by atoms with E-state index in [1.165, 1.54) is 16.8 Å². The first kappa shape index (κ1) is 9.38. The van der Waals surface area contributed by atoms with Gasteiger partial charge in [-0.15, -0.1) is 0 Å². The normalized spacial score (nSPS) is 17.4. The molecule has 76 valence electrons. The monoisotopic (exact) mass is 191 g/mol. The second-order valence-corrected chi connectivity index (χ2v) is 4.57. The quantitative estimate of drug-likeness (QED) is 0.737. The van der Waals surface area contributed by atoms with E-state index in [0.717, 1.165) is 12.3 Å². The highest BCUT2D eigenvalue weighted by atomic mass is 16.5. The van der Waals surface area contributed by atoms with Gasteiger partial charge in [-0.05, 0) is 24.1 Å². The van der Waals surface area contributed by atoms with E-state index in [-0.39, 0.29) is 5.41 Å². The Labute approximate surface area is 85.3 Å². The minimum absolute atomic E-state index is 0.216. The third-order valence-electron chi connectivity index (χ3n) is 2.98. The van der Waals surface area contributed by atoms with E-state index in [1.807, 2.05) is 6.07 Å². The summed E-state index contributed by atoms with van der Waals surface area (Å²) < 4.78 is 5.34. The molecule has 1 aromatic rings. The maximum absolute atomic E-state index is 5.34. The molecule has 0 saturated carbocycles. The summed E-state index contributed by atoms with van der Waals surface area (Å²) >= 11 is 0. The fourth-order valence-corrected chi connectivity index (χ4v) is 2.30. The molecule has 1 aromatic carbocycles. The second-order valence-electron chi connectivity index (χ2n) is 4.57. The lowest BCUT2D eigenvalue weighted by Gasteiger charge is -2.19. The third-order valence-corrected chi connectivity index (χ3v) is 2.98. The summed E-state index contributed by atoms with van der Waals surface area (Å²) in [6.07, 6.45) is 0. The van der Waals surface area contributed by atoms with Gasteiger partial charge in [0.15, 0.2) is 0 Å². The predicted octanol–water partition coefficient (Wildman–Crippen LogP) is 2.71. The highest BCUT2D eigenvalue weighted by Gasteiger charge is 2.33. The van der Waals surface area contributed by atoms with E-state index in [1.54, 1.807) is 7.11 Å². The lowest BCUT2D eigenvalue weighted by molar-refractivity contribution is 0.416. The molecule has 1 N–H and O–H groups in total. The molecule has 1 aliphatic rings. The van der Waals surface area contributed by atoms with Crippen LogP contribution in [0.1, 0.15) is 25.0 Å². The minimum atomic E-state index is 0.216. The molecular formula is C12H17NO. The van der Waals surface area contributed by atoms with Crippen LogP contribution in [0.5, 0.6) is 5.75 Å². The Bertz CT molecular complexity index is 369. The Morgan fingerprint density at radius 2 is 2.07 bits per heavy atom. The van der Waals surface area contributed by atoms with Crippen LogP contribution < -0.4 is 10.1 Å². The zero-order chi connectivity index (χ0) is 10.3. The van der Waals surface area contributed by atoms with Gasteiger partial charge >= 0.3 is 0 Å². The van der Waals surface area contributed by atoms with Crippen LogP contribution in [-0.4, -0.2) is 13.7 Å². The van der Waals surface area contributed by atoms with Crippen molar-refractivity contribution in [3.8, 4) is 5.75 Å². The average molecular weight is 191 g/mol. The van der Waals surface area contributed by atoms with Crippen LogP contribution in [0, 0.1) is 6.92 Å². The number of anilines is 1. The van der Waals surface area contributed by atoms with Gasteiger partial charge in [-0.3, -0.25) is 0 Å². The lowest BCUT2D eigenvalue weighted by Crippen LogP contribution is -2.19. The van der Waals surface area contributed by atoms with Gasteiger partial charge in [0.25, 0.3) is 0 Å². The number of hydrogen-bond acceptors (Lipinski definition) is 2. The third kappa shape index (κ3) is 1.17. The van der Waals surface area contributed by atoms with E-state index >= 15 is 0 Å². The van der Waals surface area contributed by atoms with Crippen molar-refractivity contribution in [3.63, 3.8) is 0 Å². The summed E-state index contributed by atoms with van der Waals surface area (Å²) in [5.74, 6) is 0.955. The van der Waals surface area contributed by atoms with Crippen molar-refractivity contribution >= 4 is 5.69 Å². The predicted molar refractivity (Wildman–Crippen MR) is 59.2 cm³/mol. The van der Waals surface area contributed by atoms with Crippen molar-refractivity contribution in [1.29, 1.82) is 0 Å². The molecule has 0 atom stereocenters. The first-order chi connectivity index (χ1) is 6.56. The molecule has 0 amide bonds. The molecule has 1 aliphatic heterocycles. The summed E-state index contributed by atoms with van der Waals surface area (Å²) in [6.45, 7) is 7.67. The number of fused-ring (bicyclic) bond motifs is 1. The largest absolute Gasteiger partial charge is 0.495 e. The lowest BCUT2D eigenvalue weighted by atomic mass is 9.84. The number of nitrogens with one attached hydrogen (secondary N) is 1. The Hall–Kier alpha value is -1.18. The van der Waals surface area contributed by atoms with E-state index in [4.69, 9.17) is 4.74 Å². The number of methoxy groups -OCH3 is 1. The molecule has 0 spiro atoms. The molecule has 0 saturated heterocycles. The van der Waals surface area contributed by atoms with E-state index in [0.29, 0.717) is 0 Å². The van der Waals surface area contributed by atoms with Crippen molar-refractivity contribution in [2.45, 2.75) is 26.2 Å². The first-order valence-corrected chi connectivity index (χ1v) is 4.98. The van der Waals surface area contributed by atoms with Crippen molar-refractivity contribution in [1.82, 2.24) is 0 Å². The molecule has 0 fully saturated rings. The maximum atomic E-state index is 5.34. The highest BCUT2D eigenvalue weighted by molar-refractivity contribution is 5.70. The van der Waals surface area contributed by atoms with Gasteiger partial charge in [0.1, 0.15) is 5.75 Å². The van der Waals surface area contributed by atoms with Crippen molar-refractivity contribution in [2.24, 2.45) is 0 Å². The summed E-state index contributed by atoms with van der Waals surface area (Å²) in [5.41, 5.74) is 4.14. The van der Waals surface area contributed by atoms with E-state index in [2.05, 4.69) is 32.2 Å². The zero-order valence-corrected chi connectivity index (χ0v) is 9.27. The van der Waals surface area contributed by atoms with Gasteiger partial charge in [-0.1, -0.05) is 19.9 Å². The summed E-state index contributed by atoms with van der Waals surface area (Å²) in [5, 5.41) is 3.43. The molecule has 0 unspecified atom stereocenters. The maximum Gasteiger partial charge on any atom is 0.142 e. The van der Waals surface area contributed by atoms with Gasteiger partial charge in [0, 0.05) is 12.0 Å². The fraction of sp³-hybridized carbons (Fsp3) is 0.500. The molecule has 0 aromatic heterocycles. The SMILES string of the molecule is COc1ccc(C)c2c1NCC2(C)C. The molecule has 0 radical (unpaired) electrons. The van der Waals surface area contributed by atoms with Crippen LogP contribution in [0.25, 0.3) is 0 Å². The van der Waals surface area contributed by atoms with Crippen molar-refractivity contribution < 1.29 is 4.74 Å². The Morgan fingerprint density at radius 1 is 1.36 bits per heavy atom. The number of rotatable bonds is 1. The minimum Gasteiger partial charge on any atom is -0.495 e. The number of benzene rings is 1. The molecule has 0 bridgehead atoms. The molecule has 14 heavy (non-hydrogen) atoms. The molecule has 0 aliphatic carbocycles. The van der Waals surface area contributed by atoms with Crippen LogP contribution in [0.3, 0.4) is 0 Å². The Balaban J connectivity index is 2.65. The van der Waals surface area contributed by atoms with Crippen LogP contribution in [-0.2, 0) is 5.41 Å². The molecule has 2 rings (SSSR count). The number of hydrogen-bond donors (Lipinski definition) is 1. The molecule has 2 nitrogen and oxygen atoms in total. The molecular weight excluding hydrogens is 174 g/mol. The smallest absolute Gasteiger partial charge is 0.142 e. The topological polar surface area (TPSA) is 21.3 Å². The van der Waals surface area contributed by atoms with Crippen molar-refractivity contribution in [2.75, 3.05) is 19.0 Å². The van der Waals surface area contributed by atoms with E-state index < -0.39 is 0 Å². The van der Waals surface area contributed by atoms with Gasteiger partial charge in [0.05, 0.1) is 12.8 Å². The zero-order valence-electron chi connectivity index (χ0n) is 9.27. The highest BCUT2D eigenvalue weighted by Crippen LogP contribution is 2.43. The summed E-state index contributed by atoms with van der Waals surface area (Å²) in [7, 11) is 1.72. The van der Waals surface area contributed by atoms with Crippen LogP contribution in [0.15, 0.2) is 12.1 Å². The summed E-state index contributed by atoms with van der Waals surface area (Å²) in [4.78, 5) is 0. The van der Waals surface area contributed by atoms with Gasteiger partial charge in [-0.2, -0.15) is 0 Å². The molecule has 1 heterocycles.